The first-order valence-electron chi connectivity index (χ1n) is 21.9. The van der Waals surface area contributed by atoms with Crippen molar-refractivity contribution in [2.24, 2.45) is 0 Å². The normalized spacial score (nSPS) is 14.4. The predicted molar refractivity (Wildman–Crippen MR) is 261 cm³/mol. The Labute approximate surface area is 362 Å². The van der Waals surface area contributed by atoms with Crippen LogP contribution in [0.5, 0.6) is 0 Å². The van der Waals surface area contributed by atoms with Crippen molar-refractivity contribution >= 4 is 43.6 Å². The predicted octanol–water partition coefficient (Wildman–Crippen LogP) is 15.8. The molecule has 2 aliphatic rings. The number of nitrogens with zero attached hydrogens (tertiary/aromatic N) is 2. The molecule has 0 N–H and O–H groups in total. The van der Waals surface area contributed by atoms with Gasteiger partial charge in [0, 0.05) is 43.7 Å². The van der Waals surface area contributed by atoms with Gasteiger partial charge in [-0.3, -0.25) is 0 Å². The quantitative estimate of drug-likeness (QED) is 0.168. The van der Waals surface area contributed by atoms with Crippen molar-refractivity contribution in [1.29, 1.82) is 0 Å². The Hall–Kier alpha value is -7.42. The molecule has 0 radical (unpaired) electrons. The molecule has 0 saturated heterocycles. The first kappa shape index (κ1) is 35.3. The molecule has 2 heteroatoms. The van der Waals surface area contributed by atoms with Crippen LogP contribution in [0.15, 0.2) is 194 Å². The Kier molecular flexibility index (Phi) is 7.16. The SMILES string of the molecule is CC1(C)c2ccc(-c3cccc(-c4ccc5c(c4)-c4cc(-n6c7ccccc7c7ccccc76)ccc4C5(C)C)c3)cc2-c2cc(-n3c4ccccc4c4ccccc43)ccc21. The zero-order valence-electron chi connectivity index (χ0n) is 35.4. The number of hydrogen-bond donors (Lipinski definition) is 0. The van der Waals surface area contributed by atoms with E-state index in [1.807, 2.05) is 0 Å². The van der Waals surface area contributed by atoms with E-state index in [9.17, 15) is 0 Å². The van der Waals surface area contributed by atoms with E-state index in [2.05, 4.69) is 231 Å². The average Bonchev–Trinajstić information content (AvgIpc) is 3.97. The second kappa shape index (κ2) is 12.6. The standard InChI is InChI=1S/C60H44N2/c1-59(2)51-28-24-39(33-47(51)49-35-41(26-30-53(49)59)61-55-20-9-5-16-43(55)44-17-6-10-21-56(44)61)37-14-13-15-38(32-37)40-25-29-52-48(34-40)50-36-42(27-31-54(50)60(52,3)4)62-57-22-11-7-18-45(57)46-19-8-12-23-58(46)62/h5-36H,1-4H3. The molecule has 2 heterocycles. The summed E-state index contributed by atoms with van der Waals surface area (Å²) in [5, 5.41) is 5.14. The first-order chi connectivity index (χ1) is 30.3. The van der Waals surface area contributed by atoms with Crippen LogP contribution in [-0.4, -0.2) is 9.13 Å². The Morgan fingerprint density at radius 1 is 0.274 bits per heavy atom. The second-order valence-electron chi connectivity index (χ2n) is 18.6. The number of para-hydroxylation sites is 4. The lowest BCUT2D eigenvalue weighted by Gasteiger charge is -2.22. The van der Waals surface area contributed by atoms with Crippen LogP contribution in [0.25, 0.3) is 99.5 Å². The highest BCUT2D eigenvalue weighted by molar-refractivity contribution is 6.10. The third-order valence-corrected chi connectivity index (χ3v) is 14.5. The highest BCUT2D eigenvalue weighted by atomic mass is 15.0. The smallest absolute Gasteiger partial charge is 0.0541 e. The van der Waals surface area contributed by atoms with Crippen molar-refractivity contribution in [3.05, 3.63) is 216 Å². The number of rotatable bonds is 4. The molecule has 9 aromatic carbocycles. The minimum atomic E-state index is -0.0969. The molecule has 0 spiro atoms. The van der Waals surface area contributed by atoms with Crippen molar-refractivity contribution < 1.29 is 0 Å². The van der Waals surface area contributed by atoms with Crippen molar-refractivity contribution in [3.63, 3.8) is 0 Å². The minimum absolute atomic E-state index is 0.0969. The van der Waals surface area contributed by atoms with Gasteiger partial charge in [0.1, 0.15) is 0 Å². The maximum atomic E-state index is 2.44. The van der Waals surface area contributed by atoms with E-state index in [-0.39, 0.29) is 10.8 Å². The van der Waals surface area contributed by atoms with Crippen LogP contribution < -0.4 is 0 Å². The summed E-state index contributed by atoms with van der Waals surface area (Å²) in [6.45, 7) is 9.49. The number of aromatic nitrogens is 2. The highest BCUT2D eigenvalue weighted by Gasteiger charge is 2.37. The van der Waals surface area contributed by atoms with Crippen LogP contribution in [0.2, 0.25) is 0 Å². The summed E-state index contributed by atoms with van der Waals surface area (Å²) in [5.74, 6) is 0. The molecule has 0 fully saturated rings. The van der Waals surface area contributed by atoms with Gasteiger partial charge in [0.2, 0.25) is 0 Å². The fourth-order valence-corrected chi connectivity index (χ4v) is 11.4. The Morgan fingerprint density at radius 2 is 0.581 bits per heavy atom. The van der Waals surface area contributed by atoms with Crippen LogP contribution in [0, 0.1) is 0 Å². The van der Waals surface area contributed by atoms with Crippen LogP contribution in [0.4, 0.5) is 0 Å². The Bertz CT molecular complexity index is 3350. The van der Waals surface area contributed by atoms with Gasteiger partial charge >= 0.3 is 0 Å². The minimum Gasteiger partial charge on any atom is -0.309 e. The monoisotopic (exact) mass is 792 g/mol. The van der Waals surface area contributed by atoms with Crippen molar-refractivity contribution in [3.8, 4) is 55.9 Å². The van der Waals surface area contributed by atoms with Gasteiger partial charge in [0.15, 0.2) is 0 Å². The summed E-state index contributed by atoms with van der Waals surface area (Å²) in [6, 6.07) is 72.8. The van der Waals surface area contributed by atoms with Gasteiger partial charge in [-0.15, -0.1) is 0 Å². The van der Waals surface area contributed by atoms with Crippen LogP contribution >= 0.6 is 0 Å². The molecule has 62 heavy (non-hydrogen) atoms. The fraction of sp³-hybridized carbons (Fsp3) is 0.100. The van der Waals surface area contributed by atoms with Gasteiger partial charge in [0.05, 0.1) is 22.1 Å². The summed E-state index contributed by atoms with van der Waals surface area (Å²) in [5.41, 5.74) is 22.9. The lowest BCUT2D eigenvalue weighted by atomic mass is 9.82. The summed E-state index contributed by atoms with van der Waals surface area (Å²) in [6.07, 6.45) is 0. The summed E-state index contributed by atoms with van der Waals surface area (Å²) in [7, 11) is 0. The Balaban J connectivity index is 0.903. The van der Waals surface area contributed by atoms with Gasteiger partial charge in [0.25, 0.3) is 0 Å². The highest BCUT2D eigenvalue weighted by Crippen LogP contribution is 2.52. The first-order valence-corrected chi connectivity index (χ1v) is 21.9. The number of fused-ring (bicyclic) bond motifs is 12. The molecule has 13 rings (SSSR count). The molecule has 2 aliphatic carbocycles. The van der Waals surface area contributed by atoms with E-state index in [0.717, 1.165) is 0 Å². The molecular formula is C60H44N2. The number of benzene rings is 9. The lowest BCUT2D eigenvalue weighted by Crippen LogP contribution is -2.14. The largest absolute Gasteiger partial charge is 0.309 e. The topological polar surface area (TPSA) is 9.86 Å². The molecule has 0 saturated carbocycles. The zero-order chi connectivity index (χ0) is 41.5. The molecular weight excluding hydrogens is 749 g/mol. The van der Waals surface area contributed by atoms with E-state index in [1.165, 1.54) is 122 Å². The maximum absolute atomic E-state index is 2.44. The third-order valence-electron chi connectivity index (χ3n) is 14.5. The fourth-order valence-electron chi connectivity index (χ4n) is 11.4. The second-order valence-corrected chi connectivity index (χ2v) is 18.6. The van der Waals surface area contributed by atoms with Crippen LogP contribution in [-0.2, 0) is 10.8 Å². The van der Waals surface area contributed by atoms with Gasteiger partial charge in [-0.25, -0.2) is 0 Å². The molecule has 0 bridgehead atoms. The molecule has 2 aromatic heterocycles. The lowest BCUT2D eigenvalue weighted by molar-refractivity contribution is 0.660. The maximum Gasteiger partial charge on any atom is 0.0541 e. The Morgan fingerprint density at radius 3 is 0.952 bits per heavy atom. The molecule has 0 amide bonds. The van der Waals surface area contributed by atoms with Crippen molar-refractivity contribution in [2.75, 3.05) is 0 Å². The van der Waals surface area contributed by atoms with E-state index in [0.29, 0.717) is 0 Å². The van der Waals surface area contributed by atoms with Gasteiger partial charge in [-0.05, 0) is 133 Å². The molecule has 0 atom stereocenters. The van der Waals surface area contributed by atoms with Crippen LogP contribution in [0.3, 0.4) is 0 Å². The summed E-state index contributed by atoms with van der Waals surface area (Å²) >= 11 is 0. The van der Waals surface area contributed by atoms with Crippen molar-refractivity contribution in [1.82, 2.24) is 9.13 Å². The van der Waals surface area contributed by atoms with Gasteiger partial charge < -0.3 is 9.13 Å². The number of hydrogen-bond acceptors (Lipinski definition) is 0. The average molecular weight is 793 g/mol. The molecule has 0 aliphatic heterocycles. The molecule has 294 valence electrons. The van der Waals surface area contributed by atoms with E-state index < -0.39 is 0 Å². The van der Waals surface area contributed by atoms with Gasteiger partial charge in [-0.1, -0.05) is 155 Å². The van der Waals surface area contributed by atoms with E-state index in [4.69, 9.17) is 0 Å². The zero-order valence-corrected chi connectivity index (χ0v) is 35.4. The van der Waals surface area contributed by atoms with E-state index in [1.54, 1.807) is 0 Å². The summed E-state index contributed by atoms with van der Waals surface area (Å²) in [4.78, 5) is 0. The van der Waals surface area contributed by atoms with Crippen LogP contribution in [0.1, 0.15) is 49.9 Å². The summed E-state index contributed by atoms with van der Waals surface area (Å²) < 4.78 is 4.87. The molecule has 0 unspecified atom stereocenters. The third kappa shape index (κ3) is 4.81. The molecule has 2 nitrogen and oxygen atoms in total. The van der Waals surface area contributed by atoms with E-state index >= 15 is 0 Å². The van der Waals surface area contributed by atoms with Gasteiger partial charge in [-0.2, -0.15) is 0 Å². The molecule has 11 aromatic rings. The van der Waals surface area contributed by atoms with Crippen molar-refractivity contribution in [2.45, 2.75) is 38.5 Å².